The van der Waals surface area contributed by atoms with Crippen molar-refractivity contribution >= 4 is 39.9 Å². The second-order valence-electron chi connectivity index (χ2n) is 3.16. The number of nitrogens with two attached hydrogens (primary N) is 1. The van der Waals surface area contributed by atoms with Crippen LogP contribution in [-0.4, -0.2) is 16.1 Å². The number of carbonyl (C=O) groups is 1. The van der Waals surface area contributed by atoms with Gasteiger partial charge in [0.1, 0.15) is 5.69 Å². The summed E-state index contributed by atoms with van der Waals surface area (Å²) in [4.78, 5) is 11.7. The Morgan fingerprint density at radius 1 is 1.50 bits per heavy atom. The van der Waals surface area contributed by atoms with Gasteiger partial charge in [-0.2, -0.15) is 5.10 Å². The van der Waals surface area contributed by atoms with Crippen molar-refractivity contribution in [3.05, 3.63) is 39.7 Å². The zero-order valence-corrected chi connectivity index (χ0v) is 10.4. The summed E-state index contributed by atoms with van der Waals surface area (Å²) in [6.07, 6.45) is 1.41. The maximum absolute atomic E-state index is 11.7. The van der Waals surface area contributed by atoms with Crippen LogP contribution in [0.15, 0.2) is 30.5 Å². The standard InChI is InChI=1S/C10H9IN4O/c11-6-2-1-3-7(4-6)14-10(16)9-8(12)5-13-15-9/h1-5H,12H2,(H,13,15)(H,14,16). The number of nitrogens with one attached hydrogen (secondary N) is 2. The number of halogens is 1. The van der Waals surface area contributed by atoms with Gasteiger partial charge in [-0.3, -0.25) is 9.89 Å². The molecule has 0 aliphatic carbocycles. The number of nitrogens with zero attached hydrogens (tertiary/aromatic N) is 1. The number of benzene rings is 1. The summed E-state index contributed by atoms with van der Waals surface area (Å²) in [6, 6.07) is 7.49. The fourth-order valence-electron chi connectivity index (χ4n) is 1.24. The highest BCUT2D eigenvalue weighted by Crippen LogP contribution is 2.14. The Bertz CT molecular complexity index is 523. The Kier molecular flexibility index (Phi) is 3.09. The van der Waals surface area contributed by atoms with Crippen molar-refractivity contribution in [3.63, 3.8) is 0 Å². The molecule has 82 valence electrons. The van der Waals surface area contributed by atoms with Crippen LogP contribution in [0.3, 0.4) is 0 Å². The van der Waals surface area contributed by atoms with E-state index in [0.29, 0.717) is 5.69 Å². The van der Waals surface area contributed by atoms with E-state index in [1.165, 1.54) is 6.20 Å². The Labute approximate surface area is 106 Å². The van der Waals surface area contributed by atoms with Crippen molar-refractivity contribution in [1.82, 2.24) is 10.2 Å². The molecule has 16 heavy (non-hydrogen) atoms. The number of hydrogen-bond acceptors (Lipinski definition) is 3. The van der Waals surface area contributed by atoms with E-state index < -0.39 is 0 Å². The molecule has 1 aromatic heterocycles. The number of aromatic nitrogens is 2. The molecule has 0 saturated carbocycles. The lowest BCUT2D eigenvalue weighted by Crippen LogP contribution is -2.14. The zero-order valence-electron chi connectivity index (χ0n) is 8.20. The molecule has 0 aliphatic rings. The molecule has 1 aromatic carbocycles. The van der Waals surface area contributed by atoms with Gasteiger partial charge in [-0.15, -0.1) is 0 Å². The van der Waals surface area contributed by atoms with Gasteiger partial charge in [0.2, 0.25) is 0 Å². The van der Waals surface area contributed by atoms with Crippen molar-refractivity contribution in [2.75, 3.05) is 11.1 Å². The molecular weight excluding hydrogens is 319 g/mol. The predicted octanol–water partition coefficient (Wildman–Crippen LogP) is 1.85. The first-order chi connectivity index (χ1) is 7.66. The predicted molar refractivity (Wildman–Crippen MR) is 70.1 cm³/mol. The topological polar surface area (TPSA) is 83.8 Å². The van der Waals surface area contributed by atoms with Crippen LogP contribution in [0.25, 0.3) is 0 Å². The number of hydrogen-bond donors (Lipinski definition) is 3. The highest BCUT2D eigenvalue weighted by atomic mass is 127. The average molecular weight is 328 g/mol. The third-order valence-corrected chi connectivity index (χ3v) is 2.65. The minimum absolute atomic E-state index is 0.277. The molecule has 0 unspecified atom stereocenters. The number of amides is 1. The molecular formula is C10H9IN4O. The average Bonchev–Trinajstić information content (AvgIpc) is 2.64. The molecule has 4 N–H and O–H groups in total. The van der Waals surface area contributed by atoms with Crippen molar-refractivity contribution in [2.24, 2.45) is 0 Å². The number of nitrogen functional groups attached to an aromatic ring is 1. The summed E-state index contributed by atoms with van der Waals surface area (Å²) < 4.78 is 1.05. The maximum atomic E-state index is 11.7. The molecule has 2 rings (SSSR count). The quantitative estimate of drug-likeness (QED) is 0.736. The summed E-state index contributed by atoms with van der Waals surface area (Å²) >= 11 is 2.18. The summed E-state index contributed by atoms with van der Waals surface area (Å²) in [7, 11) is 0. The molecule has 0 radical (unpaired) electrons. The normalized spacial score (nSPS) is 10.1. The zero-order chi connectivity index (χ0) is 11.5. The minimum atomic E-state index is -0.294. The monoisotopic (exact) mass is 328 g/mol. The summed E-state index contributed by atoms with van der Waals surface area (Å²) in [5.41, 5.74) is 6.91. The van der Waals surface area contributed by atoms with Gasteiger partial charge in [0.05, 0.1) is 11.9 Å². The van der Waals surface area contributed by atoms with Gasteiger partial charge in [0.15, 0.2) is 0 Å². The lowest BCUT2D eigenvalue weighted by Gasteiger charge is -2.04. The van der Waals surface area contributed by atoms with Gasteiger partial charge in [-0.1, -0.05) is 6.07 Å². The third kappa shape index (κ3) is 2.32. The van der Waals surface area contributed by atoms with Gasteiger partial charge in [-0.25, -0.2) is 0 Å². The van der Waals surface area contributed by atoms with Gasteiger partial charge >= 0.3 is 0 Å². The molecule has 2 aromatic rings. The Morgan fingerprint density at radius 3 is 2.94 bits per heavy atom. The molecule has 0 spiro atoms. The number of rotatable bonds is 2. The van der Waals surface area contributed by atoms with Crippen molar-refractivity contribution < 1.29 is 4.79 Å². The van der Waals surface area contributed by atoms with Crippen LogP contribution in [0.1, 0.15) is 10.5 Å². The second-order valence-corrected chi connectivity index (χ2v) is 4.41. The van der Waals surface area contributed by atoms with E-state index in [0.717, 1.165) is 9.26 Å². The third-order valence-electron chi connectivity index (χ3n) is 1.98. The molecule has 0 fully saturated rings. The molecule has 1 amide bonds. The Hall–Kier alpha value is -1.57. The highest BCUT2D eigenvalue weighted by molar-refractivity contribution is 14.1. The van der Waals surface area contributed by atoms with Crippen molar-refractivity contribution in [2.45, 2.75) is 0 Å². The highest BCUT2D eigenvalue weighted by Gasteiger charge is 2.11. The van der Waals surface area contributed by atoms with Crippen LogP contribution < -0.4 is 11.1 Å². The summed E-state index contributed by atoms with van der Waals surface area (Å²) in [5, 5.41) is 8.97. The largest absolute Gasteiger partial charge is 0.396 e. The second kappa shape index (κ2) is 4.52. The van der Waals surface area contributed by atoms with Gasteiger partial charge < -0.3 is 11.1 Å². The molecule has 1 heterocycles. The van der Waals surface area contributed by atoms with E-state index in [2.05, 4.69) is 38.1 Å². The molecule has 0 atom stereocenters. The smallest absolute Gasteiger partial charge is 0.275 e. The van der Waals surface area contributed by atoms with E-state index in [4.69, 9.17) is 5.73 Å². The van der Waals surface area contributed by atoms with Crippen LogP contribution in [0.2, 0.25) is 0 Å². The first-order valence-corrected chi connectivity index (χ1v) is 5.60. The minimum Gasteiger partial charge on any atom is -0.396 e. The Morgan fingerprint density at radius 2 is 2.31 bits per heavy atom. The summed E-state index contributed by atoms with van der Waals surface area (Å²) in [5.74, 6) is -0.294. The Balaban J connectivity index is 2.17. The number of anilines is 2. The van der Waals surface area contributed by atoms with Gasteiger partial charge in [-0.05, 0) is 40.8 Å². The van der Waals surface area contributed by atoms with E-state index in [1.54, 1.807) is 0 Å². The van der Waals surface area contributed by atoms with Gasteiger partial charge in [0.25, 0.3) is 5.91 Å². The number of H-pyrrole nitrogens is 1. The SMILES string of the molecule is Nc1cn[nH]c1C(=O)Nc1cccc(I)c1. The first kappa shape index (κ1) is 10.9. The van der Waals surface area contributed by atoms with Crippen LogP contribution >= 0.6 is 22.6 Å². The van der Waals surface area contributed by atoms with Crippen LogP contribution in [0.4, 0.5) is 11.4 Å². The molecule has 6 heteroatoms. The molecule has 0 bridgehead atoms. The summed E-state index contributed by atoms with van der Waals surface area (Å²) in [6.45, 7) is 0. The molecule has 0 aliphatic heterocycles. The van der Waals surface area contributed by atoms with E-state index in [-0.39, 0.29) is 11.6 Å². The molecule has 5 nitrogen and oxygen atoms in total. The van der Waals surface area contributed by atoms with E-state index >= 15 is 0 Å². The van der Waals surface area contributed by atoms with E-state index in [9.17, 15) is 4.79 Å². The molecule has 0 saturated heterocycles. The maximum Gasteiger partial charge on any atom is 0.275 e. The van der Waals surface area contributed by atoms with Crippen molar-refractivity contribution in [3.8, 4) is 0 Å². The van der Waals surface area contributed by atoms with Crippen LogP contribution in [-0.2, 0) is 0 Å². The fourth-order valence-corrected chi connectivity index (χ4v) is 1.78. The number of aromatic amines is 1. The lowest BCUT2D eigenvalue weighted by atomic mass is 10.3. The fraction of sp³-hybridized carbons (Fsp3) is 0. The van der Waals surface area contributed by atoms with Crippen molar-refractivity contribution in [1.29, 1.82) is 0 Å². The van der Waals surface area contributed by atoms with Gasteiger partial charge in [0, 0.05) is 9.26 Å². The van der Waals surface area contributed by atoms with Crippen LogP contribution in [0, 0.1) is 3.57 Å². The number of carbonyl (C=O) groups excluding carboxylic acids is 1. The lowest BCUT2D eigenvalue weighted by molar-refractivity contribution is 0.102. The van der Waals surface area contributed by atoms with E-state index in [1.807, 2.05) is 24.3 Å². The van der Waals surface area contributed by atoms with Crippen LogP contribution in [0.5, 0.6) is 0 Å². The first-order valence-electron chi connectivity index (χ1n) is 4.52.